The van der Waals surface area contributed by atoms with E-state index in [2.05, 4.69) is 42.9 Å². The summed E-state index contributed by atoms with van der Waals surface area (Å²) in [6.07, 6.45) is 3.92. The molecule has 0 fully saturated rings. The number of hydrogen-bond donors (Lipinski definition) is 0. The van der Waals surface area contributed by atoms with E-state index in [0.717, 1.165) is 6.42 Å². The first-order chi connectivity index (χ1) is 9.55. The molecule has 0 aliphatic heterocycles. The molecule has 0 saturated carbocycles. The number of benzene rings is 1. The Bertz CT molecular complexity index is 610. The van der Waals surface area contributed by atoms with E-state index in [-0.39, 0.29) is 11.1 Å². The van der Waals surface area contributed by atoms with E-state index in [1.165, 1.54) is 18.0 Å². The maximum absolute atomic E-state index is 8.66. The lowest BCUT2D eigenvalue weighted by Gasteiger charge is -2.23. The second-order valence-corrected chi connectivity index (χ2v) is 5.22. The van der Waals surface area contributed by atoms with E-state index in [1.54, 1.807) is 0 Å². The molecule has 4 nitrogen and oxygen atoms in total. The van der Waals surface area contributed by atoms with Gasteiger partial charge in [0, 0.05) is 0 Å². The summed E-state index contributed by atoms with van der Waals surface area (Å²) in [6, 6.07) is 9.90. The van der Waals surface area contributed by atoms with Gasteiger partial charge in [-0.2, -0.15) is 5.26 Å². The standard InChI is InChI=1S/C16H17N3O/c1-4-16(2,3)12-5-7-14(8-6-12)20-15-11-18-13(9-17)10-19-15/h5-8,10-11H,4H2,1-3H3. The first kappa shape index (κ1) is 14.0. The fourth-order valence-electron chi connectivity index (χ4n) is 1.73. The Labute approximate surface area is 119 Å². The fraction of sp³-hybridized carbons (Fsp3) is 0.312. The molecule has 2 rings (SSSR count). The van der Waals surface area contributed by atoms with E-state index in [4.69, 9.17) is 10.00 Å². The topological polar surface area (TPSA) is 58.8 Å². The molecule has 102 valence electrons. The molecule has 0 atom stereocenters. The van der Waals surface area contributed by atoms with Crippen molar-refractivity contribution >= 4 is 0 Å². The molecule has 0 bridgehead atoms. The van der Waals surface area contributed by atoms with Crippen LogP contribution in [0.4, 0.5) is 0 Å². The van der Waals surface area contributed by atoms with Crippen molar-refractivity contribution in [1.82, 2.24) is 9.97 Å². The lowest BCUT2D eigenvalue weighted by molar-refractivity contribution is 0.457. The highest BCUT2D eigenvalue weighted by atomic mass is 16.5. The highest BCUT2D eigenvalue weighted by Crippen LogP contribution is 2.29. The molecule has 0 amide bonds. The lowest BCUT2D eigenvalue weighted by Crippen LogP contribution is -2.14. The summed E-state index contributed by atoms with van der Waals surface area (Å²) in [4.78, 5) is 7.94. The van der Waals surface area contributed by atoms with Crippen LogP contribution in [0.15, 0.2) is 36.7 Å². The minimum atomic E-state index is 0.160. The van der Waals surface area contributed by atoms with Crippen LogP contribution in [0, 0.1) is 11.3 Å². The molecule has 0 aliphatic rings. The van der Waals surface area contributed by atoms with Crippen molar-refractivity contribution in [3.05, 3.63) is 47.9 Å². The predicted octanol–water partition coefficient (Wildman–Crippen LogP) is 3.83. The Balaban J connectivity index is 2.12. The van der Waals surface area contributed by atoms with Gasteiger partial charge in [-0.15, -0.1) is 0 Å². The van der Waals surface area contributed by atoms with Crippen LogP contribution in [-0.4, -0.2) is 9.97 Å². The van der Waals surface area contributed by atoms with E-state index in [1.807, 2.05) is 18.2 Å². The van der Waals surface area contributed by atoms with Gasteiger partial charge in [0.25, 0.3) is 0 Å². The molecule has 4 heteroatoms. The van der Waals surface area contributed by atoms with Gasteiger partial charge < -0.3 is 4.74 Å². The van der Waals surface area contributed by atoms with Gasteiger partial charge in [-0.1, -0.05) is 32.9 Å². The van der Waals surface area contributed by atoms with Crippen LogP contribution in [0.3, 0.4) is 0 Å². The van der Waals surface area contributed by atoms with E-state index in [9.17, 15) is 0 Å². The van der Waals surface area contributed by atoms with E-state index >= 15 is 0 Å². The minimum Gasteiger partial charge on any atom is -0.438 e. The zero-order valence-corrected chi connectivity index (χ0v) is 11.9. The maximum Gasteiger partial charge on any atom is 0.237 e. The molecule has 20 heavy (non-hydrogen) atoms. The van der Waals surface area contributed by atoms with Crippen molar-refractivity contribution in [3.8, 4) is 17.7 Å². The maximum atomic E-state index is 8.66. The summed E-state index contributed by atoms with van der Waals surface area (Å²) in [5.41, 5.74) is 1.71. The number of nitrogens with zero attached hydrogens (tertiary/aromatic N) is 3. The Kier molecular flexibility index (Phi) is 3.99. The third-order valence-electron chi connectivity index (χ3n) is 3.48. The Morgan fingerprint density at radius 3 is 2.35 bits per heavy atom. The Morgan fingerprint density at radius 2 is 1.85 bits per heavy atom. The highest BCUT2D eigenvalue weighted by Gasteiger charge is 2.17. The number of ether oxygens (including phenoxy) is 1. The average molecular weight is 267 g/mol. The molecule has 0 N–H and O–H groups in total. The molecule has 1 aromatic heterocycles. The number of aromatic nitrogens is 2. The van der Waals surface area contributed by atoms with Gasteiger partial charge in [0.1, 0.15) is 11.8 Å². The van der Waals surface area contributed by atoms with Gasteiger partial charge in [-0.05, 0) is 29.5 Å². The van der Waals surface area contributed by atoms with Crippen LogP contribution in [0.1, 0.15) is 38.4 Å². The molecule has 0 radical (unpaired) electrons. The molecule has 1 aromatic carbocycles. The quantitative estimate of drug-likeness (QED) is 0.844. The third-order valence-corrected chi connectivity index (χ3v) is 3.48. The summed E-state index contributed by atoms with van der Waals surface area (Å²) in [7, 11) is 0. The normalized spacial score (nSPS) is 10.9. The van der Waals surface area contributed by atoms with Gasteiger partial charge in [-0.25, -0.2) is 9.97 Å². The number of nitriles is 1. The summed E-state index contributed by atoms with van der Waals surface area (Å²) in [5.74, 6) is 1.09. The summed E-state index contributed by atoms with van der Waals surface area (Å²) < 4.78 is 5.60. The van der Waals surface area contributed by atoms with Crippen LogP contribution in [-0.2, 0) is 5.41 Å². The van der Waals surface area contributed by atoms with Crippen molar-refractivity contribution in [1.29, 1.82) is 5.26 Å². The summed E-state index contributed by atoms with van der Waals surface area (Å²) in [5, 5.41) is 8.66. The largest absolute Gasteiger partial charge is 0.438 e. The first-order valence-electron chi connectivity index (χ1n) is 6.55. The smallest absolute Gasteiger partial charge is 0.237 e. The van der Waals surface area contributed by atoms with Gasteiger partial charge in [-0.3, -0.25) is 0 Å². The monoisotopic (exact) mass is 267 g/mol. The van der Waals surface area contributed by atoms with Crippen molar-refractivity contribution in [2.75, 3.05) is 0 Å². The molecule has 1 heterocycles. The second-order valence-electron chi connectivity index (χ2n) is 5.22. The zero-order chi connectivity index (χ0) is 14.6. The van der Waals surface area contributed by atoms with E-state index in [0.29, 0.717) is 11.6 Å². The summed E-state index contributed by atoms with van der Waals surface area (Å²) >= 11 is 0. The molecule has 0 aliphatic carbocycles. The average Bonchev–Trinajstić information content (AvgIpc) is 2.48. The molecule has 2 aromatic rings. The van der Waals surface area contributed by atoms with E-state index < -0.39 is 0 Å². The molecular formula is C16H17N3O. The zero-order valence-electron chi connectivity index (χ0n) is 11.9. The van der Waals surface area contributed by atoms with Gasteiger partial charge in [0.05, 0.1) is 12.4 Å². The lowest BCUT2D eigenvalue weighted by atomic mass is 9.82. The SMILES string of the molecule is CCC(C)(C)c1ccc(Oc2cnc(C#N)cn2)cc1. The molecular weight excluding hydrogens is 250 g/mol. The van der Waals surface area contributed by atoms with Crippen LogP contribution in [0.5, 0.6) is 11.6 Å². The molecule has 0 unspecified atom stereocenters. The minimum absolute atomic E-state index is 0.160. The number of hydrogen-bond acceptors (Lipinski definition) is 4. The van der Waals surface area contributed by atoms with Gasteiger partial charge in [0.15, 0.2) is 5.69 Å². The molecule has 0 saturated heterocycles. The fourth-order valence-corrected chi connectivity index (χ4v) is 1.73. The van der Waals surface area contributed by atoms with Gasteiger partial charge >= 0.3 is 0 Å². The van der Waals surface area contributed by atoms with Crippen LogP contribution in [0.2, 0.25) is 0 Å². The highest BCUT2D eigenvalue weighted by molar-refractivity contribution is 5.33. The Hall–Kier alpha value is -2.41. The van der Waals surface area contributed by atoms with Gasteiger partial charge in [0.2, 0.25) is 5.88 Å². The van der Waals surface area contributed by atoms with Crippen molar-refractivity contribution in [2.45, 2.75) is 32.6 Å². The van der Waals surface area contributed by atoms with Crippen molar-refractivity contribution < 1.29 is 4.74 Å². The van der Waals surface area contributed by atoms with Crippen LogP contribution >= 0.6 is 0 Å². The van der Waals surface area contributed by atoms with Crippen LogP contribution < -0.4 is 4.74 Å². The van der Waals surface area contributed by atoms with Crippen molar-refractivity contribution in [2.24, 2.45) is 0 Å². The predicted molar refractivity (Wildman–Crippen MR) is 76.6 cm³/mol. The van der Waals surface area contributed by atoms with Crippen LogP contribution in [0.25, 0.3) is 0 Å². The Morgan fingerprint density at radius 1 is 1.15 bits per heavy atom. The van der Waals surface area contributed by atoms with Crippen molar-refractivity contribution in [3.63, 3.8) is 0 Å². The molecule has 0 spiro atoms. The summed E-state index contributed by atoms with van der Waals surface area (Å²) in [6.45, 7) is 6.61. The second kappa shape index (κ2) is 5.70. The first-order valence-corrected chi connectivity index (χ1v) is 6.55. The number of rotatable bonds is 4. The third kappa shape index (κ3) is 3.12.